The Morgan fingerprint density at radius 1 is 1.26 bits per heavy atom. The van der Waals surface area contributed by atoms with Gasteiger partial charge < -0.3 is 14.1 Å². The lowest BCUT2D eigenvalue weighted by Gasteiger charge is -2.38. The van der Waals surface area contributed by atoms with Crippen LogP contribution in [0.15, 0.2) is 45.6 Å². The molecule has 2 heterocycles. The molecule has 1 saturated heterocycles. The zero-order chi connectivity index (χ0) is 28.3. The first kappa shape index (κ1) is 28.0. The number of nitrogens with zero attached hydrogens (tertiary/aromatic N) is 3. The number of halogens is 1. The van der Waals surface area contributed by atoms with Crippen LogP contribution in [0.1, 0.15) is 23.1 Å². The van der Waals surface area contributed by atoms with Gasteiger partial charge in [-0.2, -0.15) is 13.7 Å². The molecule has 1 aliphatic rings. The van der Waals surface area contributed by atoms with Gasteiger partial charge in [0.05, 0.1) is 11.8 Å². The fourth-order valence-electron chi connectivity index (χ4n) is 4.37. The highest BCUT2D eigenvalue weighted by molar-refractivity contribution is 7.90. The molecule has 1 aromatic heterocycles. The quantitative estimate of drug-likeness (QED) is 0.382. The van der Waals surface area contributed by atoms with Gasteiger partial charge in [0.2, 0.25) is 0 Å². The molecular weight excluding hydrogens is 529 g/mol. The largest absolute Gasteiger partial charge is 0.422 e. The average molecular weight is 558 g/mol. The summed E-state index contributed by atoms with van der Waals surface area (Å²) in [6.45, 7) is 1.69. The highest BCUT2D eigenvalue weighted by Gasteiger charge is 2.29. The molecule has 39 heavy (non-hydrogen) atoms. The maximum Gasteiger partial charge on any atom is 0.414 e. The molecule has 13 heteroatoms. The van der Waals surface area contributed by atoms with Gasteiger partial charge in [0, 0.05) is 70.6 Å². The molecule has 0 bridgehead atoms. The first-order chi connectivity index (χ1) is 18.5. The number of anilines is 1. The third kappa shape index (κ3) is 6.36. The van der Waals surface area contributed by atoms with Gasteiger partial charge in [-0.15, -0.1) is 0 Å². The lowest BCUT2D eigenvalue weighted by Crippen LogP contribution is -2.46. The van der Waals surface area contributed by atoms with E-state index in [2.05, 4.69) is 20.4 Å². The van der Waals surface area contributed by atoms with Gasteiger partial charge in [-0.1, -0.05) is 12.1 Å². The van der Waals surface area contributed by atoms with Gasteiger partial charge >= 0.3 is 11.7 Å². The number of ether oxygens (including phenoxy) is 1. The minimum absolute atomic E-state index is 0.0988. The second-order valence-corrected chi connectivity index (χ2v) is 11.1. The summed E-state index contributed by atoms with van der Waals surface area (Å²) in [4.78, 5) is 28.6. The van der Waals surface area contributed by atoms with E-state index in [-0.39, 0.29) is 40.5 Å². The number of amides is 1. The predicted molar refractivity (Wildman–Crippen MR) is 142 cm³/mol. The van der Waals surface area contributed by atoms with E-state index in [1.54, 1.807) is 26.2 Å². The molecule has 206 valence electrons. The summed E-state index contributed by atoms with van der Waals surface area (Å²) in [5.74, 6) is -0.390. The standard InChI is InChI=1S/C26H28FN5O6S/c1-29-39(35,36)30-22-6-4-5-17(24(22)27)11-20-21(15-32-13-16(14-32)9-10-28)19-8-7-18(37-26(34)31(2)3)12-23(19)38-25(20)33/h4-8,12,16,29-30H,9,11,13-15H2,1-3H3. The van der Waals surface area contributed by atoms with Crippen molar-refractivity contribution in [2.75, 3.05) is 39.0 Å². The van der Waals surface area contributed by atoms with E-state index in [1.165, 1.54) is 36.2 Å². The Morgan fingerprint density at radius 3 is 2.67 bits per heavy atom. The average Bonchev–Trinajstić information content (AvgIpc) is 2.86. The number of carbonyl (C=O) groups excluding carboxylic acids is 1. The molecule has 1 amide bonds. The number of hydrogen-bond acceptors (Lipinski definition) is 8. The van der Waals surface area contributed by atoms with Crippen molar-refractivity contribution in [3.05, 3.63) is 69.3 Å². The van der Waals surface area contributed by atoms with Crippen LogP contribution in [0.4, 0.5) is 14.9 Å². The van der Waals surface area contributed by atoms with Gasteiger partial charge in [-0.3, -0.25) is 9.62 Å². The third-order valence-electron chi connectivity index (χ3n) is 6.42. The highest BCUT2D eigenvalue weighted by Crippen LogP contribution is 2.31. The van der Waals surface area contributed by atoms with Crippen LogP contribution in [0.25, 0.3) is 11.0 Å². The molecule has 0 atom stereocenters. The zero-order valence-electron chi connectivity index (χ0n) is 21.7. The molecule has 0 aliphatic carbocycles. The van der Waals surface area contributed by atoms with E-state index in [1.807, 2.05) is 0 Å². The summed E-state index contributed by atoms with van der Waals surface area (Å²) in [5.41, 5.74) is 0.181. The summed E-state index contributed by atoms with van der Waals surface area (Å²) in [7, 11) is 0.317. The fourth-order valence-corrected chi connectivity index (χ4v) is 4.92. The third-order valence-corrected chi connectivity index (χ3v) is 7.44. The van der Waals surface area contributed by atoms with E-state index >= 15 is 4.39 Å². The number of fused-ring (bicyclic) bond motifs is 1. The smallest absolute Gasteiger partial charge is 0.414 e. The minimum atomic E-state index is -3.96. The molecule has 3 aromatic rings. The van der Waals surface area contributed by atoms with Crippen molar-refractivity contribution in [2.45, 2.75) is 19.4 Å². The van der Waals surface area contributed by atoms with Crippen LogP contribution in [0.3, 0.4) is 0 Å². The molecule has 0 spiro atoms. The van der Waals surface area contributed by atoms with Crippen LogP contribution >= 0.6 is 0 Å². The number of benzene rings is 2. The first-order valence-corrected chi connectivity index (χ1v) is 13.5. The van der Waals surface area contributed by atoms with Crippen molar-refractivity contribution in [1.82, 2.24) is 14.5 Å². The highest BCUT2D eigenvalue weighted by atomic mass is 32.2. The topological polar surface area (TPSA) is 145 Å². The van der Waals surface area contributed by atoms with Crippen molar-refractivity contribution in [2.24, 2.45) is 5.92 Å². The Balaban J connectivity index is 1.75. The van der Waals surface area contributed by atoms with Crippen LogP contribution in [0.5, 0.6) is 5.75 Å². The lowest BCUT2D eigenvalue weighted by molar-refractivity contribution is 0.0955. The van der Waals surface area contributed by atoms with Crippen molar-refractivity contribution in [3.63, 3.8) is 0 Å². The second-order valence-electron chi connectivity index (χ2n) is 9.45. The van der Waals surface area contributed by atoms with Gasteiger partial charge in [0.15, 0.2) is 5.82 Å². The Bertz CT molecular complexity index is 1610. The summed E-state index contributed by atoms with van der Waals surface area (Å²) >= 11 is 0. The second kappa shape index (κ2) is 11.4. The number of hydrogen-bond donors (Lipinski definition) is 2. The molecule has 0 saturated carbocycles. The van der Waals surface area contributed by atoms with Crippen LogP contribution in [-0.2, 0) is 23.2 Å². The number of nitriles is 1. The Labute approximate surface area is 224 Å². The Kier molecular flexibility index (Phi) is 8.19. The maximum atomic E-state index is 15.3. The summed E-state index contributed by atoms with van der Waals surface area (Å²) in [6, 6.07) is 11.1. The van der Waals surface area contributed by atoms with Crippen molar-refractivity contribution >= 4 is 33.0 Å². The maximum absolute atomic E-state index is 15.3. The van der Waals surface area contributed by atoms with Crippen molar-refractivity contribution < 1.29 is 26.8 Å². The summed E-state index contributed by atoms with van der Waals surface area (Å²) in [6.07, 6.45) is -0.314. The summed E-state index contributed by atoms with van der Waals surface area (Å²) in [5, 5.41) is 9.57. The van der Waals surface area contributed by atoms with Gasteiger partial charge in [-0.25, -0.2) is 18.7 Å². The Morgan fingerprint density at radius 2 is 2.00 bits per heavy atom. The molecule has 0 radical (unpaired) electrons. The summed E-state index contributed by atoms with van der Waals surface area (Å²) < 4.78 is 54.2. The number of carbonyl (C=O) groups is 1. The van der Waals surface area contributed by atoms with Gasteiger partial charge in [0.25, 0.3) is 10.2 Å². The van der Waals surface area contributed by atoms with Crippen molar-refractivity contribution in [1.29, 1.82) is 5.26 Å². The molecule has 1 fully saturated rings. The normalized spacial score (nSPS) is 14.0. The van der Waals surface area contributed by atoms with Crippen LogP contribution < -0.4 is 19.8 Å². The number of rotatable bonds is 9. The van der Waals surface area contributed by atoms with Crippen LogP contribution in [-0.4, -0.2) is 58.5 Å². The van der Waals surface area contributed by atoms with E-state index in [4.69, 9.17) is 14.4 Å². The Hall–Kier alpha value is -3.99. The lowest BCUT2D eigenvalue weighted by atomic mass is 9.93. The minimum Gasteiger partial charge on any atom is -0.422 e. The van der Waals surface area contributed by atoms with Crippen molar-refractivity contribution in [3.8, 4) is 11.8 Å². The molecule has 11 nitrogen and oxygen atoms in total. The zero-order valence-corrected chi connectivity index (χ0v) is 22.5. The molecular formula is C26H28FN5O6S. The van der Waals surface area contributed by atoms with E-state index in [0.29, 0.717) is 37.0 Å². The SMILES string of the molecule is CNS(=O)(=O)Nc1cccc(Cc2c(CN3CC(CC#N)C3)c3ccc(OC(=O)N(C)C)cc3oc2=O)c1F. The van der Waals surface area contributed by atoms with E-state index < -0.39 is 27.7 Å². The monoisotopic (exact) mass is 557 g/mol. The number of likely N-dealkylation sites (tertiary alicyclic amines) is 1. The molecule has 0 unspecified atom stereocenters. The fraction of sp³-hybridized carbons (Fsp3) is 0.346. The van der Waals surface area contributed by atoms with Gasteiger partial charge in [-0.05, 0) is 35.2 Å². The molecule has 2 aromatic carbocycles. The molecule has 2 N–H and O–H groups in total. The van der Waals surface area contributed by atoms with Crippen LogP contribution in [0, 0.1) is 23.1 Å². The molecule has 1 aliphatic heterocycles. The predicted octanol–water partition coefficient (Wildman–Crippen LogP) is 2.80. The molecule has 4 rings (SSSR count). The van der Waals surface area contributed by atoms with E-state index in [0.717, 1.165) is 0 Å². The van der Waals surface area contributed by atoms with Crippen LogP contribution in [0.2, 0.25) is 0 Å². The van der Waals surface area contributed by atoms with E-state index in [9.17, 15) is 18.0 Å². The number of nitrogens with one attached hydrogen (secondary N) is 2. The van der Waals surface area contributed by atoms with Gasteiger partial charge in [0.1, 0.15) is 11.3 Å². The first-order valence-electron chi connectivity index (χ1n) is 12.1.